The van der Waals surface area contributed by atoms with Gasteiger partial charge in [0, 0.05) is 6.42 Å². The summed E-state index contributed by atoms with van der Waals surface area (Å²) in [6, 6.07) is -0.885. The van der Waals surface area contributed by atoms with Crippen LogP contribution < -0.4 is 10.2 Å². The molecule has 0 aliphatic heterocycles. The third kappa shape index (κ3) is 33.5. The topological polar surface area (TPSA) is 108 Å². The normalized spacial score (nSPS) is 14.9. The largest absolute Gasteiger partial charge is 0.756 e. The molecular weight excluding hydrogens is 623 g/mol. The summed E-state index contributed by atoms with van der Waals surface area (Å²) in [7, 11) is 1.25. The van der Waals surface area contributed by atoms with Crippen LogP contribution in [0.1, 0.15) is 168 Å². The zero-order valence-corrected chi connectivity index (χ0v) is 32.8. The molecule has 0 aliphatic rings. The number of phosphoric acid groups is 1. The molecule has 0 spiro atoms. The van der Waals surface area contributed by atoms with Gasteiger partial charge in [-0.1, -0.05) is 141 Å². The first-order chi connectivity index (χ1) is 23.0. The molecule has 9 heteroatoms. The third-order valence-corrected chi connectivity index (χ3v) is 9.62. The molecule has 0 rings (SSSR count). The summed E-state index contributed by atoms with van der Waals surface area (Å²) in [4.78, 5) is 25.1. The number of likely N-dealkylation sites (N-methyl/N-ethyl adjacent to an activating group) is 1. The summed E-state index contributed by atoms with van der Waals surface area (Å²) >= 11 is 0. The second-order valence-corrected chi connectivity index (χ2v) is 16.0. The zero-order valence-electron chi connectivity index (χ0n) is 31.9. The van der Waals surface area contributed by atoms with Gasteiger partial charge >= 0.3 is 0 Å². The molecule has 3 unspecified atom stereocenters. The van der Waals surface area contributed by atoms with E-state index in [1.165, 1.54) is 96.3 Å². The molecule has 0 saturated carbocycles. The number of carbonyl (C=O) groups is 1. The fraction of sp³-hybridized carbons (Fsp3) is 0.872. The molecule has 48 heavy (non-hydrogen) atoms. The molecule has 0 aliphatic carbocycles. The van der Waals surface area contributed by atoms with Crippen LogP contribution in [0.5, 0.6) is 0 Å². The lowest BCUT2D eigenvalue weighted by Gasteiger charge is -2.29. The Bertz CT molecular complexity index is 845. The third-order valence-electron chi connectivity index (χ3n) is 8.66. The lowest BCUT2D eigenvalue weighted by atomic mass is 10.1. The number of rotatable bonds is 35. The van der Waals surface area contributed by atoms with Crippen molar-refractivity contribution >= 4 is 13.7 Å². The number of phosphoric ester groups is 1. The van der Waals surface area contributed by atoms with Gasteiger partial charge in [0.15, 0.2) is 0 Å². The summed E-state index contributed by atoms with van der Waals surface area (Å²) < 4.78 is 23.1. The summed E-state index contributed by atoms with van der Waals surface area (Å²) in [5.41, 5.74) is 0. The smallest absolute Gasteiger partial charge is 0.268 e. The Hall–Kier alpha value is -1.02. The molecule has 2 N–H and O–H groups in total. The minimum Gasteiger partial charge on any atom is -0.756 e. The lowest BCUT2D eigenvalue weighted by Crippen LogP contribution is -2.45. The summed E-state index contributed by atoms with van der Waals surface area (Å²) in [6.07, 6.45) is 35.0. The lowest BCUT2D eigenvalue weighted by molar-refractivity contribution is -0.870. The monoisotopic (exact) mass is 701 g/mol. The second-order valence-electron chi connectivity index (χ2n) is 14.6. The van der Waals surface area contributed by atoms with Gasteiger partial charge in [-0.25, -0.2) is 0 Å². The first kappa shape index (κ1) is 47.0. The maximum absolute atomic E-state index is 12.8. The van der Waals surface area contributed by atoms with E-state index in [0.717, 1.165) is 51.4 Å². The van der Waals surface area contributed by atoms with Crippen LogP contribution in [0.15, 0.2) is 24.3 Å². The number of nitrogens with zero attached hydrogens (tertiary/aromatic N) is 1. The quantitative estimate of drug-likeness (QED) is 0.0295. The maximum atomic E-state index is 12.8. The molecule has 0 aromatic rings. The Labute approximate surface area is 296 Å². The van der Waals surface area contributed by atoms with E-state index in [9.17, 15) is 19.4 Å². The van der Waals surface area contributed by atoms with Gasteiger partial charge < -0.3 is 28.8 Å². The predicted octanol–water partition coefficient (Wildman–Crippen LogP) is 9.55. The first-order valence-corrected chi connectivity index (χ1v) is 21.2. The Morgan fingerprint density at radius 3 is 1.62 bits per heavy atom. The van der Waals surface area contributed by atoms with Crippen LogP contribution in [0.2, 0.25) is 0 Å². The van der Waals surface area contributed by atoms with Crippen molar-refractivity contribution in [3.8, 4) is 0 Å². The van der Waals surface area contributed by atoms with E-state index in [1.54, 1.807) is 6.08 Å². The second kappa shape index (κ2) is 31.9. The molecule has 3 atom stereocenters. The van der Waals surface area contributed by atoms with Crippen molar-refractivity contribution in [1.29, 1.82) is 0 Å². The fourth-order valence-corrected chi connectivity index (χ4v) is 6.16. The average Bonchev–Trinajstić information content (AvgIpc) is 3.02. The van der Waals surface area contributed by atoms with Gasteiger partial charge in [-0.3, -0.25) is 9.36 Å². The first-order valence-electron chi connectivity index (χ1n) is 19.7. The molecule has 0 heterocycles. The molecule has 0 bridgehead atoms. The molecule has 0 aromatic carbocycles. The van der Waals surface area contributed by atoms with Crippen LogP contribution in [-0.2, 0) is 18.4 Å². The highest BCUT2D eigenvalue weighted by Gasteiger charge is 2.23. The number of allylic oxidation sites excluding steroid dienone is 3. The Kier molecular flexibility index (Phi) is 31.2. The van der Waals surface area contributed by atoms with Gasteiger partial charge in [0.1, 0.15) is 13.2 Å². The summed E-state index contributed by atoms with van der Waals surface area (Å²) in [5.74, 6) is -0.209. The van der Waals surface area contributed by atoms with E-state index in [0.29, 0.717) is 17.4 Å². The Morgan fingerprint density at radius 1 is 0.708 bits per heavy atom. The fourth-order valence-electron chi connectivity index (χ4n) is 5.44. The highest BCUT2D eigenvalue weighted by Crippen LogP contribution is 2.38. The van der Waals surface area contributed by atoms with E-state index in [1.807, 2.05) is 27.2 Å². The molecule has 0 aromatic heterocycles. The van der Waals surface area contributed by atoms with Gasteiger partial charge in [0.2, 0.25) is 5.91 Å². The average molecular weight is 701 g/mol. The van der Waals surface area contributed by atoms with Gasteiger partial charge in [0.25, 0.3) is 7.82 Å². The van der Waals surface area contributed by atoms with Gasteiger partial charge in [-0.05, 0) is 44.9 Å². The molecule has 1 amide bonds. The Morgan fingerprint density at radius 2 is 1.15 bits per heavy atom. The number of aliphatic hydroxyl groups is 1. The number of hydrogen-bond donors (Lipinski definition) is 2. The SMILES string of the molecule is CCCCCCCCC/C=C\CCCCCCCC(=O)NC(COP(=O)([O-])OCC[N+](C)(C)C)C(O)/C=C/CCCCCCCCCC. The van der Waals surface area contributed by atoms with E-state index in [-0.39, 0.29) is 19.1 Å². The number of amides is 1. The highest BCUT2D eigenvalue weighted by atomic mass is 31.2. The van der Waals surface area contributed by atoms with Crippen LogP contribution in [-0.4, -0.2) is 68.5 Å². The zero-order chi connectivity index (χ0) is 35.8. The molecule has 284 valence electrons. The van der Waals surface area contributed by atoms with Gasteiger partial charge in [0.05, 0.1) is 39.9 Å². The van der Waals surface area contributed by atoms with E-state index < -0.39 is 20.0 Å². The van der Waals surface area contributed by atoms with Crippen molar-refractivity contribution in [2.24, 2.45) is 0 Å². The van der Waals surface area contributed by atoms with Crippen LogP contribution in [0.4, 0.5) is 0 Å². The van der Waals surface area contributed by atoms with Crippen molar-refractivity contribution in [3.05, 3.63) is 24.3 Å². The number of nitrogens with one attached hydrogen (secondary N) is 1. The van der Waals surface area contributed by atoms with E-state index in [4.69, 9.17) is 9.05 Å². The van der Waals surface area contributed by atoms with Crippen molar-refractivity contribution < 1.29 is 32.9 Å². The molecule has 0 fully saturated rings. The van der Waals surface area contributed by atoms with E-state index >= 15 is 0 Å². The standard InChI is InChI=1S/C39H77N2O6P/c1-6-8-10-12-14-16-18-19-20-21-22-23-25-27-29-31-33-39(43)40-37(36-47-48(44,45)46-35-34-41(3,4)5)38(42)32-30-28-26-24-17-15-13-11-9-7-2/h20-21,30,32,37-38,42H,6-19,22-29,31,33-36H2,1-5H3,(H-,40,43,44,45)/b21-20-,32-30+. The minimum atomic E-state index is -4.58. The van der Waals surface area contributed by atoms with Crippen molar-refractivity contribution in [2.75, 3.05) is 40.9 Å². The molecule has 0 saturated heterocycles. The van der Waals surface area contributed by atoms with Gasteiger partial charge in [-0.2, -0.15) is 0 Å². The number of quaternary nitrogens is 1. The van der Waals surface area contributed by atoms with Crippen molar-refractivity contribution in [3.63, 3.8) is 0 Å². The number of aliphatic hydroxyl groups excluding tert-OH is 1. The van der Waals surface area contributed by atoms with Crippen LogP contribution >= 0.6 is 7.82 Å². The molecular formula is C39H77N2O6P. The van der Waals surface area contributed by atoms with Crippen LogP contribution in [0.3, 0.4) is 0 Å². The molecule has 0 radical (unpaired) electrons. The Balaban J connectivity index is 4.48. The van der Waals surface area contributed by atoms with Crippen LogP contribution in [0.25, 0.3) is 0 Å². The minimum absolute atomic E-state index is 0.00208. The maximum Gasteiger partial charge on any atom is 0.268 e. The van der Waals surface area contributed by atoms with Crippen LogP contribution in [0, 0.1) is 0 Å². The summed E-state index contributed by atoms with van der Waals surface area (Å²) in [5, 5.41) is 13.7. The molecule has 8 nitrogen and oxygen atoms in total. The number of carbonyl (C=O) groups excluding carboxylic acids is 1. The predicted molar refractivity (Wildman–Crippen MR) is 201 cm³/mol. The van der Waals surface area contributed by atoms with Crippen molar-refractivity contribution in [1.82, 2.24) is 5.32 Å². The summed E-state index contributed by atoms with van der Waals surface area (Å²) in [6.45, 7) is 4.60. The van der Waals surface area contributed by atoms with Crippen molar-refractivity contribution in [2.45, 2.75) is 180 Å². The number of hydrogen-bond acceptors (Lipinski definition) is 6. The van der Waals surface area contributed by atoms with Gasteiger partial charge in [-0.15, -0.1) is 0 Å². The highest BCUT2D eigenvalue weighted by molar-refractivity contribution is 7.45. The van der Waals surface area contributed by atoms with E-state index in [2.05, 4.69) is 31.3 Å². The number of unbranched alkanes of at least 4 members (excludes halogenated alkanes) is 20.